The minimum atomic E-state index is -0.893. The number of amides is 1. The predicted octanol–water partition coefficient (Wildman–Crippen LogP) is 1.36. The molecular weight excluding hydrogens is 270 g/mol. The number of rotatable bonds is 3. The molecule has 104 valence electrons. The smallest absolute Gasteiger partial charge is 0.407 e. The van der Waals surface area contributed by atoms with Crippen LogP contribution in [0, 0.1) is 0 Å². The first-order valence-electron chi connectivity index (χ1n) is 5.91. The average molecular weight is 286 g/mol. The summed E-state index contributed by atoms with van der Waals surface area (Å²) in [4.78, 5) is 22.4. The Morgan fingerprint density at radius 1 is 1.63 bits per heavy atom. The Hall–Kier alpha value is -1.76. The average Bonchev–Trinajstić information content (AvgIpc) is 2.80. The fourth-order valence-corrected chi connectivity index (χ4v) is 2.24. The van der Waals surface area contributed by atoms with Gasteiger partial charge >= 0.3 is 6.09 Å². The molecule has 7 nitrogen and oxygen atoms in total. The van der Waals surface area contributed by atoms with Gasteiger partial charge in [-0.05, 0) is 6.42 Å². The molecule has 0 bridgehead atoms. The van der Waals surface area contributed by atoms with Gasteiger partial charge in [0.05, 0.1) is 6.20 Å². The van der Waals surface area contributed by atoms with Crippen LogP contribution in [0.1, 0.15) is 6.42 Å². The maximum Gasteiger partial charge on any atom is 0.407 e. The van der Waals surface area contributed by atoms with Crippen LogP contribution in [-0.2, 0) is 0 Å². The number of carboxylic acid groups (broad SMARTS) is 1. The van der Waals surface area contributed by atoms with Gasteiger partial charge in [-0.2, -0.15) is 4.98 Å². The van der Waals surface area contributed by atoms with Crippen molar-refractivity contribution in [1.82, 2.24) is 14.9 Å². The summed E-state index contributed by atoms with van der Waals surface area (Å²) >= 11 is 5.99. The van der Waals surface area contributed by atoms with Crippen molar-refractivity contribution in [2.45, 2.75) is 12.5 Å². The van der Waals surface area contributed by atoms with E-state index >= 15 is 0 Å². The lowest BCUT2D eigenvalue weighted by molar-refractivity contribution is 0.155. The minimum absolute atomic E-state index is 0.0345. The van der Waals surface area contributed by atoms with Crippen LogP contribution >= 0.6 is 11.6 Å². The summed E-state index contributed by atoms with van der Waals surface area (Å²) in [7, 11) is 3.69. The van der Waals surface area contributed by atoms with Gasteiger partial charge in [-0.25, -0.2) is 9.78 Å². The second-order valence-corrected chi connectivity index (χ2v) is 5.03. The molecule has 0 unspecified atom stereocenters. The van der Waals surface area contributed by atoms with E-state index in [4.69, 9.17) is 16.7 Å². The maximum absolute atomic E-state index is 10.8. The van der Waals surface area contributed by atoms with Gasteiger partial charge in [0.15, 0.2) is 5.82 Å². The van der Waals surface area contributed by atoms with Crippen molar-refractivity contribution >= 4 is 29.5 Å². The van der Waals surface area contributed by atoms with Crippen molar-refractivity contribution in [3.05, 3.63) is 11.2 Å². The predicted molar refractivity (Wildman–Crippen MR) is 73.0 cm³/mol. The van der Waals surface area contributed by atoms with E-state index in [2.05, 4.69) is 15.3 Å². The molecule has 1 aromatic rings. The largest absolute Gasteiger partial charge is 0.465 e. The molecule has 1 saturated heterocycles. The fraction of sp³-hybridized carbons (Fsp3) is 0.545. The Balaban J connectivity index is 2.04. The summed E-state index contributed by atoms with van der Waals surface area (Å²) in [6, 6.07) is 0.0345. The standard InChI is InChI=1S/C11H16ClN5O2/c1-16(2)9-8(12)5-13-10(15-9)14-7-3-4-17(6-7)11(18)19/h5,7H,3-4,6H2,1-2H3,(H,18,19)(H,13,14,15)/t7-/m1/s1. The van der Waals surface area contributed by atoms with Gasteiger partial charge in [-0.1, -0.05) is 11.6 Å². The number of hydrogen-bond donors (Lipinski definition) is 2. The number of anilines is 2. The number of halogens is 1. The fourth-order valence-electron chi connectivity index (χ4n) is 1.98. The number of nitrogens with one attached hydrogen (secondary N) is 1. The Bertz CT molecular complexity index is 482. The summed E-state index contributed by atoms with van der Waals surface area (Å²) in [5.41, 5.74) is 0. The van der Waals surface area contributed by atoms with Crippen molar-refractivity contribution in [2.75, 3.05) is 37.4 Å². The molecule has 2 rings (SSSR count). The van der Waals surface area contributed by atoms with E-state index in [1.54, 1.807) is 4.90 Å². The number of likely N-dealkylation sites (tertiary alicyclic amines) is 1. The summed E-state index contributed by atoms with van der Waals surface area (Å²) in [6.07, 6.45) is 1.39. The van der Waals surface area contributed by atoms with Gasteiger partial charge in [0, 0.05) is 33.2 Å². The zero-order chi connectivity index (χ0) is 14.0. The Labute approximate surface area is 116 Å². The van der Waals surface area contributed by atoms with Gasteiger partial charge in [-0.15, -0.1) is 0 Å². The molecule has 1 amide bonds. The molecule has 1 aliphatic heterocycles. The molecule has 0 radical (unpaired) electrons. The van der Waals surface area contributed by atoms with E-state index < -0.39 is 6.09 Å². The highest BCUT2D eigenvalue weighted by atomic mass is 35.5. The Morgan fingerprint density at radius 2 is 2.37 bits per heavy atom. The lowest BCUT2D eigenvalue weighted by Crippen LogP contribution is -2.30. The summed E-state index contributed by atoms with van der Waals surface area (Å²) in [5.74, 6) is 1.09. The SMILES string of the molecule is CN(C)c1nc(N[C@@H]2CCN(C(=O)O)C2)ncc1Cl. The lowest BCUT2D eigenvalue weighted by atomic mass is 10.3. The van der Waals surface area contributed by atoms with Crippen LogP contribution in [0.5, 0.6) is 0 Å². The van der Waals surface area contributed by atoms with E-state index in [-0.39, 0.29) is 6.04 Å². The topological polar surface area (TPSA) is 81.6 Å². The molecule has 1 atom stereocenters. The molecule has 0 saturated carbocycles. The van der Waals surface area contributed by atoms with Crippen molar-refractivity contribution in [2.24, 2.45) is 0 Å². The quantitative estimate of drug-likeness (QED) is 0.873. The van der Waals surface area contributed by atoms with E-state index in [9.17, 15) is 4.79 Å². The van der Waals surface area contributed by atoms with E-state index in [1.165, 1.54) is 11.1 Å². The maximum atomic E-state index is 10.8. The Kier molecular flexibility index (Phi) is 3.94. The molecule has 2 heterocycles. The second kappa shape index (κ2) is 5.48. The summed E-state index contributed by atoms with van der Waals surface area (Å²) in [6.45, 7) is 0.972. The van der Waals surface area contributed by atoms with Crippen LogP contribution in [0.4, 0.5) is 16.6 Å². The van der Waals surface area contributed by atoms with Crippen LogP contribution in [0.25, 0.3) is 0 Å². The highest BCUT2D eigenvalue weighted by molar-refractivity contribution is 6.32. The van der Waals surface area contributed by atoms with Gasteiger partial charge < -0.3 is 20.2 Å². The first-order valence-corrected chi connectivity index (χ1v) is 6.29. The number of nitrogens with zero attached hydrogens (tertiary/aromatic N) is 4. The van der Waals surface area contributed by atoms with E-state index in [0.717, 1.165) is 6.42 Å². The third-order valence-electron chi connectivity index (χ3n) is 2.94. The summed E-state index contributed by atoms with van der Waals surface area (Å²) < 4.78 is 0. The molecule has 1 aromatic heterocycles. The highest BCUT2D eigenvalue weighted by Crippen LogP contribution is 2.22. The van der Waals surface area contributed by atoms with E-state index in [0.29, 0.717) is 29.9 Å². The van der Waals surface area contributed by atoms with Crippen molar-refractivity contribution < 1.29 is 9.90 Å². The first-order chi connectivity index (χ1) is 8.97. The van der Waals surface area contributed by atoms with Crippen molar-refractivity contribution in [3.8, 4) is 0 Å². The molecule has 0 spiro atoms. The van der Waals surface area contributed by atoms with E-state index in [1.807, 2.05) is 14.1 Å². The van der Waals surface area contributed by atoms with Crippen LogP contribution in [0.2, 0.25) is 5.02 Å². The molecule has 1 fully saturated rings. The normalized spacial score (nSPS) is 18.5. The van der Waals surface area contributed by atoms with Crippen LogP contribution in [0.15, 0.2) is 6.20 Å². The molecule has 1 aliphatic rings. The monoisotopic (exact) mass is 285 g/mol. The second-order valence-electron chi connectivity index (χ2n) is 4.62. The third-order valence-corrected chi connectivity index (χ3v) is 3.21. The Morgan fingerprint density at radius 3 is 2.95 bits per heavy atom. The van der Waals surface area contributed by atoms with Crippen LogP contribution in [0.3, 0.4) is 0 Å². The zero-order valence-electron chi connectivity index (χ0n) is 10.8. The lowest BCUT2D eigenvalue weighted by Gasteiger charge is -2.17. The van der Waals surface area contributed by atoms with Gasteiger partial charge in [0.25, 0.3) is 0 Å². The number of aromatic nitrogens is 2. The third kappa shape index (κ3) is 3.17. The van der Waals surface area contributed by atoms with Crippen LogP contribution in [-0.4, -0.2) is 59.3 Å². The minimum Gasteiger partial charge on any atom is -0.465 e. The van der Waals surface area contributed by atoms with Gasteiger partial charge in [0.2, 0.25) is 5.95 Å². The molecule has 8 heteroatoms. The number of carbonyl (C=O) groups is 1. The van der Waals surface area contributed by atoms with Crippen molar-refractivity contribution in [1.29, 1.82) is 0 Å². The van der Waals surface area contributed by atoms with Gasteiger partial charge in [0.1, 0.15) is 5.02 Å². The van der Waals surface area contributed by atoms with Crippen molar-refractivity contribution in [3.63, 3.8) is 0 Å². The summed E-state index contributed by atoms with van der Waals surface area (Å²) in [5, 5.41) is 12.5. The molecule has 0 aliphatic carbocycles. The zero-order valence-corrected chi connectivity index (χ0v) is 11.6. The molecule has 0 aromatic carbocycles. The molecule has 19 heavy (non-hydrogen) atoms. The molecule has 2 N–H and O–H groups in total. The van der Waals surface area contributed by atoms with Gasteiger partial charge in [-0.3, -0.25) is 0 Å². The highest BCUT2D eigenvalue weighted by Gasteiger charge is 2.26. The molecular formula is C11H16ClN5O2. The number of hydrogen-bond acceptors (Lipinski definition) is 5. The van der Waals surface area contributed by atoms with Crippen LogP contribution < -0.4 is 10.2 Å². The first kappa shape index (κ1) is 13.7.